The first kappa shape index (κ1) is 13.6. The van der Waals surface area contributed by atoms with E-state index in [2.05, 4.69) is 10.3 Å². The summed E-state index contributed by atoms with van der Waals surface area (Å²) in [5.41, 5.74) is 6.09. The summed E-state index contributed by atoms with van der Waals surface area (Å²) in [5, 5.41) is 2.83. The number of hydrogen-bond acceptors (Lipinski definition) is 4. The molecule has 0 aliphatic heterocycles. The molecule has 1 amide bonds. The number of nitrogens with two attached hydrogens (primary N) is 1. The Bertz CT molecular complexity index is 622. The Balaban J connectivity index is 1.55. The summed E-state index contributed by atoms with van der Waals surface area (Å²) in [6.07, 6.45) is 3.22. The lowest BCUT2D eigenvalue weighted by atomic mass is 10.2. The lowest BCUT2D eigenvalue weighted by molar-refractivity contribution is -0.123. The minimum atomic E-state index is -0.635. The van der Waals surface area contributed by atoms with Gasteiger partial charge in [0.25, 0.3) is 0 Å². The highest BCUT2D eigenvalue weighted by Crippen LogP contribution is 2.32. The smallest absolute Gasteiger partial charge is 0.240 e. The van der Waals surface area contributed by atoms with Crippen molar-refractivity contribution < 1.29 is 9.53 Å². The van der Waals surface area contributed by atoms with Crippen molar-refractivity contribution in [3.05, 3.63) is 54.2 Å². The van der Waals surface area contributed by atoms with Gasteiger partial charge in [-0.1, -0.05) is 24.3 Å². The molecule has 1 aliphatic carbocycles. The van der Waals surface area contributed by atoms with Gasteiger partial charge in [-0.2, -0.15) is 0 Å². The Hall–Kier alpha value is -2.40. The lowest BCUT2D eigenvalue weighted by Gasteiger charge is -2.10. The molecule has 1 heterocycles. The maximum absolute atomic E-state index is 11.7. The fourth-order valence-electron chi connectivity index (χ4n) is 1.91. The number of hydrogen-bond donors (Lipinski definition) is 2. The van der Waals surface area contributed by atoms with Gasteiger partial charge in [-0.25, -0.2) is 4.98 Å². The molecule has 5 nitrogen and oxygen atoms in total. The molecular formula is C16H17N3O2. The number of aromatic nitrogens is 1. The van der Waals surface area contributed by atoms with Crippen molar-refractivity contribution in [1.82, 2.24) is 10.3 Å². The number of carbonyl (C=O) groups excluding carboxylic acids is 1. The topological polar surface area (TPSA) is 77.2 Å². The average molecular weight is 283 g/mol. The van der Waals surface area contributed by atoms with Crippen LogP contribution in [-0.2, 0) is 11.3 Å². The average Bonchev–Trinajstić information content (AvgIpc) is 3.26. The van der Waals surface area contributed by atoms with Gasteiger partial charge < -0.3 is 15.8 Å². The summed E-state index contributed by atoms with van der Waals surface area (Å²) in [7, 11) is 0. The molecule has 0 radical (unpaired) electrons. The molecule has 2 aromatic rings. The van der Waals surface area contributed by atoms with Gasteiger partial charge in [0, 0.05) is 18.8 Å². The molecule has 0 saturated heterocycles. The Labute approximate surface area is 123 Å². The maximum atomic E-state index is 11.7. The summed E-state index contributed by atoms with van der Waals surface area (Å²) in [5.74, 6) is 1.17. The number of benzene rings is 1. The van der Waals surface area contributed by atoms with Crippen molar-refractivity contribution in [3.8, 4) is 11.6 Å². The number of amides is 1. The van der Waals surface area contributed by atoms with Gasteiger partial charge in [0.1, 0.15) is 5.75 Å². The lowest BCUT2D eigenvalue weighted by Crippen LogP contribution is -2.42. The van der Waals surface area contributed by atoms with E-state index in [1.165, 1.54) is 0 Å². The van der Waals surface area contributed by atoms with Crippen LogP contribution in [0.1, 0.15) is 18.4 Å². The predicted molar refractivity (Wildman–Crippen MR) is 78.8 cm³/mol. The number of pyridine rings is 1. The molecule has 3 rings (SSSR count). The number of rotatable bonds is 5. The quantitative estimate of drug-likeness (QED) is 0.879. The number of nitrogens with one attached hydrogen (secondary N) is 1. The van der Waals surface area contributed by atoms with E-state index in [0.717, 1.165) is 24.2 Å². The van der Waals surface area contributed by atoms with Crippen LogP contribution in [0.4, 0.5) is 0 Å². The van der Waals surface area contributed by atoms with Gasteiger partial charge in [-0.3, -0.25) is 4.79 Å². The van der Waals surface area contributed by atoms with Gasteiger partial charge in [0.2, 0.25) is 11.8 Å². The third-order valence-electron chi connectivity index (χ3n) is 3.46. The van der Waals surface area contributed by atoms with Crippen molar-refractivity contribution in [1.29, 1.82) is 0 Å². The van der Waals surface area contributed by atoms with E-state index in [1.54, 1.807) is 12.3 Å². The Morgan fingerprint density at radius 3 is 2.62 bits per heavy atom. The third-order valence-corrected chi connectivity index (χ3v) is 3.46. The van der Waals surface area contributed by atoms with Crippen LogP contribution in [0.2, 0.25) is 0 Å². The summed E-state index contributed by atoms with van der Waals surface area (Å²) in [6, 6.07) is 13.1. The van der Waals surface area contributed by atoms with Crippen LogP contribution >= 0.6 is 0 Å². The summed E-state index contributed by atoms with van der Waals surface area (Å²) < 4.78 is 5.60. The molecule has 108 valence electrons. The Morgan fingerprint density at radius 1 is 1.24 bits per heavy atom. The van der Waals surface area contributed by atoms with Gasteiger partial charge in [0.15, 0.2) is 0 Å². The summed E-state index contributed by atoms with van der Waals surface area (Å²) in [4.78, 5) is 16.0. The van der Waals surface area contributed by atoms with E-state index in [1.807, 2.05) is 36.4 Å². The van der Waals surface area contributed by atoms with Crippen LogP contribution in [-0.4, -0.2) is 16.4 Å². The molecule has 1 saturated carbocycles. The second-order valence-electron chi connectivity index (χ2n) is 5.26. The molecule has 21 heavy (non-hydrogen) atoms. The molecule has 1 aliphatic rings. The van der Waals surface area contributed by atoms with E-state index in [9.17, 15) is 4.79 Å². The van der Waals surface area contributed by atoms with Gasteiger partial charge in [0.05, 0.1) is 5.54 Å². The number of nitrogens with zero attached hydrogens (tertiary/aromatic N) is 1. The van der Waals surface area contributed by atoms with E-state index in [-0.39, 0.29) is 5.91 Å². The van der Waals surface area contributed by atoms with Crippen molar-refractivity contribution in [2.24, 2.45) is 5.73 Å². The van der Waals surface area contributed by atoms with Gasteiger partial charge >= 0.3 is 0 Å². The normalized spacial score (nSPS) is 15.3. The Kier molecular flexibility index (Phi) is 3.58. The molecule has 1 aromatic carbocycles. The molecule has 0 bridgehead atoms. The second-order valence-corrected chi connectivity index (χ2v) is 5.26. The first-order chi connectivity index (χ1) is 10.2. The zero-order chi connectivity index (χ0) is 14.7. The number of para-hydroxylation sites is 1. The molecule has 5 heteroatoms. The minimum Gasteiger partial charge on any atom is -0.439 e. The molecule has 1 fully saturated rings. The maximum Gasteiger partial charge on any atom is 0.240 e. The molecule has 0 spiro atoms. The Morgan fingerprint density at radius 2 is 2.00 bits per heavy atom. The van der Waals surface area contributed by atoms with E-state index in [4.69, 9.17) is 10.5 Å². The summed E-state index contributed by atoms with van der Waals surface area (Å²) in [6.45, 7) is 0.427. The first-order valence-electron chi connectivity index (χ1n) is 6.91. The first-order valence-corrected chi connectivity index (χ1v) is 6.91. The zero-order valence-corrected chi connectivity index (χ0v) is 11.6. The fourth-order valence-corrected chi connectivity index (χ4v) is 1.91. The predicted octanol–water partition coefficient (Wildman–Crippen LogP) is 1.98. The van der Waals surface area contributed by atoms with E-state index < -0.39 is 5.54 Å². The van der Waals surface area contributed by atoms with Gasteiger partial charge in [-0.05, 0) is 30.5 Å². The van der Waals surface area contributed by atoms with Crippen LogP contribution in [0.5, 0.6) is 11.6 Å². The van der Waals surface area contributed by atoms with Crippen molar-refractivity contribution in [2.75, 3.05) is 0 Å². The molecule has 3 N–H and O–H groups in total. The van der Waals surface area contributed by atoms with Crippen molar-refractivity contribution >= 4 is 5.91 Å². The molecule has 1 aromatic heterocycles. The molecular weight excluding hydrogens is 266 g/mol. The van der Waals surface area contributed by atoms with E-state index in [0.29, 0.717) is 12.4 Å². The number of carbonyl (C=O) groups is 1. The van der Waals surface area contributed by atoms with Crippen LogP contribution in [0, 0.1) is 0 Å². The van der Waals surface area contributed by atoms with Crippen molar-refractivity contribution in [2.45, 2.75) is 24.9 Å². The molecule has 0 unspecified atom stereocenters. The van der Waals surface area contributed by atoms with E-state index >= 15 is 0 Å². The van der Waals surface area contributed by atoms with Crippen LogP contribution in [0.25, 0.3) is 0 Å². The highest BCUT2D eigenvalue weighted by Gasteiger charge is 2.45. The zero-order valence-electron chi connectivity index (χ0n) is 11.6. The standard InChI is InChI=1S/C16H17N3O2/c17-16(8-9-16)15(20)19-11-12-6-7-14(18-10-12)21-13-4-2-1-3-5-13/h1-7,10H,8-9,11,17H2,(H,19,20). The second kappa shape index (κ2) is 5.54. The highest BCUT2D eigenvalue weighted by molar-refractivity contribution is 5.88. The van der Waals surface area contributed by atoms with Crippen molar-refractivity contribution in [3.63, 3.8) is 0 Å². The van der Waals surface area contributed by atoms with Crippen LogP contribution in [0.15, 0.2) is 48.7 Å². The minimum absolute atomic E-state index is 0.0906. The largest absolute Gasteiger partial charge is 0.439 e. The summed E-state index contributed by atoms with van der Waals surface area (Å²) >= 11 is 0. The van der Waals surface area contributed by atoms with Gasteiger partial charge in [-0.15, -0.1) is 0 Å². The third kappa shape index (κ3) is 3.38. The monoisotopic (exact) mass is 283 g/mol. The fraction of sp³-hybridized carbons (Fsp3) is 0.250. The number of ether oxygens (including phenoxy) is 1. The van der Waals surface area contributed by atoms with Crippen LogP contribution < -0.4 is 15.8 Å². The highest BCUT2D eigenvalue weighted by atomic mass is 16.5. The van der Waals surface area contributed by atoms with Crippen LogP contribution in [0.3, 0.4) is 0 Å². The molecule has 0 atom stereocenters. The SMILES string of the molecule is NC1(C(=O)NCc2ccc(Oc3ccccc3)nc2)CC1.